The lowest BCUT2D eigenvalue weighted by atomic mass is 10.1. The summed E-state index contributed by atoms with van der Waals surface area (Å²) in [7, 11) is -2.77. The molecule has 0 unspecified atom stereocenters. The molecule has 0 saturated carbocycles. The number of esters is 1. The van der Waals surface area contributed by atoms with Crippen LogP contribution in [0.25, 0.3) is 11.8 Å². The molecule has 0 aliphatic heterocycles. The van der Waals surface area contributed by atoms with Gasteiger partial charge in [-0.25, -0.2) is 17.9 Å². The number of rotatable bonds is 6. The lowest BCUT2D eigenvalue weighted by Crippen LogP contribution is -2.16. The number of nitrogens with zero attached hydrogens (tertiary/aromatic N) is 2. The molecule has 1 N–H and O–H groups in total. The molecular formula is C19H16ClN3O4S. The maximum absolute atomic E-state index is 12.8. The predicted octanol–water partition coefficient (Wildman–Crippen LogP) is 3.76. The second kappa shape index (κ2) is 7.87. The number of anilines is 1. The van der Waals surface area contributed by atoms with Gasteiger partial charge in [0.15, 0.2) is 0 Å². The molecule has 1 aromatic heterocycles. The minimum atomic E-state index is -3.99. The molecule has 0 bridgehead atoms. The molecular weight excluding hydrogens is 402 g/mol. The van der Waals surface area contributed by atoms with Gasteiger partial charge in [-0.05, 0) is 42.0 Å². The molecule has 144 valence electrons. The maximum Gasteiger partial charge on any atom is 0.340 e. The topological polar surface area (TPSA) is 90.3 Å². The number of hydrogen-bond donors (Lipinski definition) is 1. The molecule has 7 nitrogen and oxygen atoms in total. The molecule has 28 heavy (non-hydrogen) atoms. The zero-order chi connectivity index (χ0) is 20.3. The third-order valence-corrected chi connectivity index (χ3v) is 5.46. The van der Waals surface area contributed by atoms with Gasteiger partial charge in [0.25, 0.3) is 10.0 Å². The van der Waals surface area contributed by atoms with Crippen molar-refractivity contribution in [3.8, 4) is 5.69 Å². The quantitative estimate of drug-likeness (QED) is 0.617. The average molecular weight is 418 g/mol. The number of nitrogens with one attached hydrogen (secondary N) is 1. The molecule has 0 fully saturated rings. The second-order valence-electron chi connectivity index (χ2n) is 5.70. The zero-order valence-corrected chi connectivity index (χ0v) is 16.4. The van der Waals surface area contributed by atoms with E-state index in [-0.39, 0.29) is 16.1 Å². The number of carbonyl (C=O) groups excluding carboxylic acids is 1. The summed E-state index contributed by atoms with van der Waals surface area (Å²) in [5.74, 6) is -0.668. The van der Waals surface area contributed by atoms with E-state index in [4.69, 9.17) is 16.3 Å². The van der Waals surface area contributed by atoms with Crippen LogP contribution < -0.4 is 4.72 Å². The van der Waals surface area contributed by atoms with Crippen LogP contribution in [0.5, 0.6) is 0 Å². The number of hydrogen-bond acceptors (Lipinski definition) is 5. The van der Waals surface area contributed by atoms with Crippen molar-refractivity contribution < 1.29 is 17.9 Å². The summed E-state index contributed by atoms with van der Waals surface area (Å²) in [4.78, 5) is 12.0. The summed E-state index contributed by atoms with van der Waals surface area (Å²) in [6.07, 6.45) is 4.12. The number of benzene rings is 2. The van der Waals surface area contributed by atoms with Gasteiger partial charge in [0.2, 0.25) is 0 Å². The Morgan fingerprint density at radius 3 is 2.61 bits per heavy atom. The van der Waals surface area contributed by atoms with E-state index >= 15 is 0 Å². The number of ether oxygens (including phenoxy) is 1. The van der Waals surface area contributed by atoms with Gasteiger partial charge in [0.1, 0.15) is 4.90 Å². The normalized spacial score (nSPS) is 11.1. The highest BCUT2D eigenvalue weighted by molar-refractivity contribution is 7.92. The highest BCUT2D eigenvalue weighted by Crippen LogP contribution is 2.23. The van der Waals surface area contributed by atoms with Crippen LogP contribution in [0.1, 0.15) is 15.9 Å². The smallest absolute Gasteiger partial charge is 0.340 e. The average Bonchev–Trinajstić information content (AvgIpc) is 3.19. The van der Waals surface area contributed by atoms with E-state index in [9.17, 15) is 13.2 Å². The van der Waals surface area contributed by atoms with Crippen LogP contribution >= 0.6 is 11.6 Å². The van der Waals surface area contributed by atoms with Crippen LogP contribution in [-0.4, -0.2) is 31.3 Å². The van der Waals surface area contributed by atoms with Gasteiger partial charge in [-0.3, -0.25) is 4.72 Å². The van der Waals surface area contributed by atoms with E-state index in [1.54, 1.807) is 36.4 Å². The standard InChI is InChI=1S/C19H16ClN3O4S/c1-3-13-4-9-18(17(10-13)19(24)27-2)22-28(25,26)16-11-21-23(12-16)15-7-5-14(20)6-8-15/h3-12,22H,1H2,2H3. The molecule has 0 saturated heterocycles. The Hall–Kier alpha value is -3.10. The molecule has 0 spiro atoms. The second-order valence-corrected chi connectivity index (χ2v) is 7.82. The third-order valence-electron chi connectivity index (χ3n) is 3.89. The van der Waals surface area contributed by atoms with Crippen molar-refractivity contribution in [1.29, 1.82) is 0 Å². The SMILES string of the molecule is C=Cc1ccc(NS(=O)(=O)c2cnn(-c3ccc(Cl)cc3)c2)c(C(=O)OC)c1. The van der Waals surface area contributed by atoms with Gasteiger partial charge < -0.3 is 4.74 Å². The largest absolute Gasteiger partial charge is 0.465 e. The van der Waals surface area contributed by atoms with E-state index in [1.165, 1.54) is 36.3 Å². The van der Waals surface area contributed by atoms with Crippen molar-refractivity contribution in [2.45, 2.75) is 4.90 Å². The van der Waals surface area contributed by atoms with Crippen molar-refractivity contribution in [1.82, 2.24) is 9.78 Å². The Kier molecular flexibility index (Phi) is 5.53. The van der Waals surface area contributed by atoms with Gasteiger partial charge >= 0.3 is 5.97 Å². The number of carbonyl (C=O) groups is 1. The van der Waals surface area contributed by atoms with Crippen molar-refractivity contribution in [2.75, 3.05) is 11.8 Å². The number of methoxy groups -OCH3 is 1. The first-order valence-electron chi connectivity index (χ1n) is 8.02. The van der Waals surface area contributed by atoms with Crippen LogP contribution in [0.15, 0.2) is 66.3 Å². The fourth-order valence-corrected chi connectivity index (χ4v) is 3.58. The summed E-state index contributed by atoms with van der Waals surface area (Å²) in [5, 5.41) is 4.63. The zero-order valence-electron chi connectivity index (χ0n) is 14.8. The van der Waals surface area contributed by atoms with E-state index in [0.717, 1.165) is 0 Å². The first-order chi connectivity index (χ1) is 13.3. The fraction of sp³-hybridized carbons (Fsp3) is 0.0526. The van der Waals surface area contributed by atoms with Crippen LogP contribution in [0, 0.1) is 0 Å². The first-order valence-corrected chi connectivity index (χ1v) is 9.88. The van der Waals surface area contributed by atoms with E-state index in [2.05, 4.69) is 16.4 Å². The molecule has 9 heteroatoms. The van der Waals surface area contributed by atoms with E-state index in [1.807, 2.05) is 0 Å². The Morgan fingerprint density at radius 1 is 1.25 bits per heavy atom. The van der Waals surface area contributed by atoms with Crippen LogP contribution in [0.3, 0.4) is 0 Å². The number of halogens is 1. The van der Waals surface area contributed by atoms with Crippen molar-refractivity contribution in [2.24, 2.45) is 0 Å². The van der Waals surface area contributed by atoms with E-state index in [0.29, 0.717) is 16.3 Å². The predicted molar refractivity (Wildman–Crippen MR) is 107 cm³/mol. The Morgan fingerprint density at radius 2 is 1.96 bits per heavy atom. The molecule has 2 aromatic carbocycles. The minimum Gasteiger partial charge on any atom is -0.465 e. The molecule has 0 amide bonds. The first kappa shape index (κ1) is 19.7. The lowest BCUT2D eigenvalue weighted by Gasteiger charge is -2.11. The fourth-order valence-electron chi connectivity index (χ4n) is 2.44. The molecule has 0 radical (unpaired) electrons. The Bertz CT molecular complexity index is 1140. The van der Waals surface area contributed by atoms with Crippen molar-refractivity contribution in [3.63, 3.8) is 0 Å². The lowest BCUT2D eigenvalue weighted by molar-refractivity contribution is 0.0602. The highest BCUT2D eigenvalue weighted by Gasteiger charge is 2.21. The third kappa shape index (κ3) is 4.08. The van der Waals surface area contributed by atoms with Crippen LogP contribution in [0.2, 0.25) is 5.02 Å². The summed E-state index contributed by atoms with van der Waals surface area (Å²) >= 11 is 5.86. The summed E-state index contributed by atoms with van der Waals surface area (Å²) < 4.78 is 34.1. The highest BCUT2D eigenvalue weighted by atomic mass is 35.5. The van der Waals surface area contributed by atoms with Crippen molar-refractivity contribution in [3.05, 3.63) is 77.6 Å². The molecule has 1 heterocycles. The summed E-state index contributed by atoms with van der Waals surface area (Å²) in [6, 6.07) is 11.4. The Labute approximate surface area is 167 Å². The Balaban J connectivity index is 1.94. The van der Waals surface area contributed by atoms with Gasteiger partial charge in [0.05, 0.1) is 36.4 Å². The van der Waals surface area contributed by atoms with Crippen LogP contribution in [0.4, 0.5) is 5.69 Å². The summed E-state index contributed by atoms with van der Waals surface area (Å²) in [5.41, 5.74) is 1.47. The number of aromatic nitrogens is 2. The van der Waals surface area contributed by atoms with Gasteiger partial charge in [0, 0.05) is 5.02 Å². The molecule has 0 atom stereocenters. The molecule has 0 aliphatic rings. The minimum absolute atomic E-state index is 0.0638. The monoisotopic (exact) mass is 417 g/mol. The van der Waals surface area contributed by atoms with E-state index < -0.39 is 16.0 Å². The number of sulfonamides is 1. The van der Waals surface area contributed by atoms with Crippen molar-refractivity contribution >= 4 is 39.4 Å². The molecule has 3 aromatic rings. The summed E-state index contributed by atoms with van der Waals surface area (Å²) in [6.45, 7) is 3.64. The molecule has 0 aliphatic carbocycles. The molecule has 3 rings (SSSR count). The maximum atomic E-state index is 12.8. The van der Waals surface area contributed by atoms with Gasteiger partial charge in [-0.15, -0.1) is 0 Å². The van der Waals surface area contributed by atoms with Crippen LogP contribution in [-0.2, 0) is 14.8 Å². The van der Waals surface area contributed by atoms with Gasteiger partial charge in [-0.1, -0.05) is 30.3 Å². The van der Waals surface area contributed by atoms with Gasteiger partial charge in [-0.2, -0.15) is 5.10 Å².